The number of nitrogens with zero attached hydrogens (tertiary/aromatic N) is 1. The average molecular weight is 396 g/mol. The molecule has 1 heterocycles. The van der Waals surface area contributed by atoms with Gasteiger partial charge in [0, 0.05) is 16.7 Å². The molecule has 0 amide bonds. The van der Waals surface area contributed by atoms with Crippen LogP contribution in [0, 0.1) is 5.92 Å². The van der Waals surface area contributed by atoms with Crippen molar-refractivity contribution in [3.05, 3.63) is 48.2 Å². The van der Waals surface area contributed by atoms with Gasteiger partial charge in [0.2, 0.25) is 0 Å². The number of rotatable bonds is 10. The smallest absolute Gasteiger partial charge is 0.0702 e. The van der Waals surface area contributed by atoms with Gasteiger partial charge in [0.15, 0.2) is 0 Å². The molecule has 1 fully saturated rings. The Labute approximate surface area is 176 Å². The number of unbranched alkanes of at least 4 members (excludes halogenated alkanes) is 3. The molecule has 0 N–H and O–H groups in total. The van der Waals surface area contributed by atoms with Crippen LogP contribution in [0.25, 0.3) is 11.3 Å². The maximum atomic E-state index is 4.80. The van der Waals surface area contributed by atoms with Crippen LogP contribution in [0.1, 0.15) is 89.5 Å². The molecule has 28 heavy (non-hydrogen) atoms. The van der Waals surface area contributed by atoms with E-state index >= 15 is 0 Å². The Kier molecular flexibility index (Phi) is 8.92. The standard InChI is InChI=1S/C26H37NS/c1-3-5-7-19-28-25-16-13-23(14-17-25)26-18-15-24(20-27-26)22-11-9-21(10-12-22)8-6-4-2/h13-18,20-22H,3-12,19H2,1-2H3. The molecule has 0 aliphatic heterocycles. The van der Waals surface area contributed by atoms with Gasteiger partial charge in [-0.15, -0.1) is 11.8 Å². The van der Waals surface area contributed by atoms with Crippen molar-refractivity contribution >= 4 is 11.8 Å². The lowest BCUT2D eigenvalue weighted by Gasteiger charge is -2.28. The van der Waals surface area contributed by atoms with Crippen LogP contribution < -0.4 is 0 Å². The molecule has 0 unspecified atom stereocenters. The minimum atomic E-state index is 0.723. The lowest BCUT2D eigenvalue weighted by atomic mass is 9.77. The van der Waals surface area contributed by atoms with Gasteiger partial charge in [-0.05, 0) is 73.5 Å². The van der Waals surface area contributed by atoms with E-state index in [1.165, 1.54) is 86.0 Å². The van der Waals surface area contributed by atoms with Crippen LogP contribution in [0.3, 0.4) is 0 Å². The summed E-state index contributed by atoms with van der Waals surface area (Å²) in [6.07, 6.45) is 15.8. The fraction of sp³-hybridized carbons (Fsp3) is 0.577. The summed E-state index contributed by atoms with van der Waals surface area (Å²) in [6.45, 7) is 4.56. The lowest BCUT2D eigenvalue weighted by molar-refractivity contribution is 0.304. The third-order valence-corrected chi connectivity index (χ3v) is 7.34. The maximum absolute atomic E-state index is 4.80. The van der Waals surface area contributed by atoms with E-state index in [0.717, 1.165) is 17.5 Å². The van der Waals surface area contributed by atoms with Gasteiger partial charge in [-0.2, -0.15) is 0 Å². The molecule has 2 heteroatoms. The second-order valence-electron chi connectivity index (χ2n) is 8.42. The highest BCUT2D eigenvalue weighted by molar-refractivity contribution is 7.99. The molecule has 1 aliphatic carbocycles. The largest absolute Gasteiger partial charge is 0.256 e. The van der Waals surface area contributed by atoms with E-state index in [1.807, 2.05) is 11.8 Å². The van der Waals surface area contributed by atoms with Crippen molar-refractivity contribution in [2.45, 2.75) is 88.9 Å². The monoisotopic (exact) mass is 395 g/mol. The van der Waals surface area contributed by atoms with Crippen LogP contribution in [0.15, 0.2) is 47.5 Å². The quantitative estimate of drug-likeness (QED) is 0.295. The summed E-state index contributed by atoms with van der Waals surface area (Å²) in [5, 5.41) is 0. The number of hydrogen-bond donors (Lipinski definition) is 0. The van der Waals surface area contributed by atoms with E-state index in [2.05, 4.69) is 56.4 Å². The van der Waals surface area contributed by atoms with Crippen LogP contribution >= 0.6 is 11.8 Å². The Morgan fingerprint density at radius 1 is 0.857 bits per heavy atom. The fourth-order valence-electron chi connectivity index (χ4n) is 4.36. The van der Waals surface area contributed by atoms with Gasteiger partial charge in [0.1, 0.15) is 0 Å². The first-order valence-corrected chi connectivity index (χ1v) is 12.5. The maximum Gasteiger partial charge on any atom is 0.0702 e. The molecule has 1 aliphatic rings. The molecule has 0 radical (unpaired) electrons. The Balaban J connectivity index is 1.51. The van der Waals surface area contributed by atoms with Crippen LogP contribution in [0.4, 0.5) is 0 Å². The Morgan fingerprint density at radius 3 is 2.25 bits per heavy atom. The molecule has 0 saturated heterocycles. The summed E-state index contributed by atoms with van der Waals surface area (Å²) in [5.74, 6) is 2.92. The third kappa shape index (κ3) is 6.37. The number of benzene rings is 1. The number of pyridine rings is 1. The highest BCUT2D eigenvalue weighted by atomic mass is 32.2. The van der Waals surface area contributed by atoms with E-state index in [-0.39, 0.29) is 0 Å². The molecule has 152 valence electrons. The molecule has 1 aromatic heterocycles. The molecule has 0 spiro atoms. The van der Waals surface area contributed by atoms with Gasteiger partial charge in [0.05, 0.1) is 5.69 Å². The normalized spacial score (nSPS) is 19.6. The van der Waals surface area contributed by atoms with Crippen molar-refractivity contribution in [1.29, 1.82) is 0 Å². The zero-order chi connectivity index (χ0) is 19.6. The van der Waals surface area contributed by atoms with Crippen molar-refractivity contribution in [3.63, 3.8) is 0 Å². The van der Waals surface area contributed by atoms with Gasteiger partial charge < -0.3 is 0 Å². The molecule has 1 nitrogen and oxygen atoms in total. The van der Waals surface area contributed by atoms with E-state index < -0.39 is 0 Å². The van der Waals surface area contributed by atoms with Gasteiger partial charge in [-0.1, -0.05) is 64.2 Å². The van der Waals surface area contributed by atoms with Gasteiger partial charge in [-0.25, -0.2) is 0 Å². The molecular formula is C26H37NS. The molecule has 3 rings (SSSR count). The van der Waals surface area contributed by atoms with Crippen LogP contribution in [0.2, 0.25) is 0 Å². The molecule has 1 saturated carbocycles. The molecule has 0 bridgehead atoms. The molecule has 0 atom stereocenters. The number of thioether (sulfide) groups is 1. The second-order valence-corrected chi connectivity index (χ2v) is 9.58. The zero-order valence-corrected chi connectivity index (χ0v) is 18.6. The fourth-order valence-corrected chi connectivity index (χ4v) is 5.27. The molecular weight excluding hydrogens is 358 g/mol. The minimum absolute atomic E-state index is 0.723. The Bertz CT molecular complexity index is 669. The predicted molar refractivity (Wildman–Crippen MR) is 124 cm³/mol. The van der Waals surface area contributed by atoms with Crippen molar-refractivity contribution in [1.82, 2.24) is 4.98 Å². The van der Waals surface area contributed by atoms with Crippen LogP contribution in [0.5, 0.6) is 0 Å². The first-order chi connectivity index (χ1) is 13.8. The van der Waals surface area contributed by atoms with Crippen molar-refractivity contribution in [2.24, 2.45) is 5.92 Å². The molecule has 1 aromatic carbocycles. The highest BCUT2D eigenvalue weighted by Crippen LogP contribution is 2.37. The predicted octanol–water partition coefficient (Wildman–Crippen LogP) is 8.49. The summed E-state index contributed by atoms with van der Waals surface area (Å²) < 4.78 is 0. The lowest BCUT2D eigenvalue weighted by Crippen LogP contribution is -2.13. The minimum Gasteiger partial charge on any atom is -0.256 e. The van der Waals surface area contributed by atoms with Crippen molar-refractivity contribution in [2.75, 3.05) is 5.75 Å². The van der Waals surface area contributed by atoms with Gasteiger partial charge in [-0.3, -0.25) is 4.98 Å². The van der Waals surface area contributed by atoms with Crippen molar-refractivity contribution < 1.29 is 0 Å². The summed E-state index contributed by atoms with van der Waals surface area (Å²) >= 11 is 1.97. The van der Waals surface area contributed by atoms with Crippen LogP contribution in [-0.4, -0.2) is 10.7 Å². The Morgan fingerprint density at radius 2 is 1.61 bits per heavy atom. The van der Waals surface area contributed by atoms with Gasteiger partial charge in [0.25, 0.3) is 0 Å². The van der Waals surface area contributed by atoms with Gasteiger partial charge >= 0.3 is 0 Å². The molecule has 2 aromatic rings. The van der Waals surface area contributed by atoms with Crippen LogP contribution in [-0.2, 0) is 0 Å². The first-order valence-electron chi connectivity index (χ1n) is 11.5. The summed E-state index contributed by atoms with van der Waals surface area (Å²) in [5.41, 5.74) is 3.77. The summed E-state index contributed by atoms with van der Waals surface area (Å²) in [6, 6.07) is 13.5. The van der Waals surface area contributed by atoms with E-state index in [4.69, 9.17) is 4.98 Å². The Hall–Kier alpha value is -1.28. The first kappa shape index (κ1) is 21.4. The highest BCUT2D eigenvalue weighted by Gasteiger charge is 2.22. The SMILES string of the molecule is CCCCCSc1ccc(-c2ccc(C3CCC(CCCC)CC3)cn2)cc1. The number of hydrogen-bond acceptors (Lipinski definition) is 2. The topological polar surface area (TPSA) is 12.9 Å². The van der Waals surface area contributed by atoms with E-state index in [9.17, 15) is 0 Å². The average Bonchev–Trinajstić information content (AvgIpc) is 2.76. The van der Waals surface area contributed by atoms with Crippen molar-refractivity contribution in [3.8, 4) is 11.3 Å². The van der Waals surface area contributed by atoms with E-state index in [1.54, 1.807) is 0 Å². The van der Waals surface area contributed by atoms with E-state index in [0.29, 0.717) is 0 Å². The second kappa shape index (κ2) is 11.7. The summed E-state index contributed by atoms with van der Waals surface area (Å²) in [7, 11) is 0. The zero-order valence-electron chi connectivity index (χ0n) is 17.8. The number of aromatic nitrogens is 1. The summed E-state index contributed by atoms with van der Waals surface area (Å²) in [4.78, 5) is 6.17. The third-order valence-electron chi connectivity index (χ3n) is 6.24.